The molecule has 2 amide bonds. The standard InChI is InChI=1S/C28H26N4O3/c1-19-7-8-22(27(33)30-23-5-2-6-24(18-23)32-12-14-35-15-13-32)17-26(19)31-28(34)21-9-10-25-20(16-21)4-3-11-29-25/h2-11,16-18H,12-15H2,1H3,(H,30,33)(H,31,34). The topological polar surface area (TPSA) is 83.6 Å². The maximum atomic E-state index is 13.0. The number of fused-ring (bicyclic) bond motifs is 1. The third-order valence-electron chi connectivity index (χ3n) is 6.09. The van der Waals surface area contributed by atoms with Crippen LogP contribution in [-0.4, -0.2) is 43.1 Å². The Balaban J connectivity index is 1.31. The van der Waals surface area contributed by atoms with Crippen LogP contribution in [0, 0.1) is 6.92 Å². The van der Waals surface area contributed by atoms with E-state index in [0.717, 1.165) is 40.9 Å². The number of aryl methyl sites for hydroxylation is 1. The van der Waals surface area contributed by atoms with Gasteiger partial charge in [-0.3, -0.25) is 14.6 Å². The fourth-order valence-electron chi connectivity index (χ4n) is 4.11. The van der Waals surface area contributed by atoms with Crippen LogP contribution in [0.2, 0.25) is 0 Å². The fraction of sp³-hybridized carbons (Fsp3) is 0.179. The number of ether oxygens (including phenoxy) is 1. The quantitative estimate of drug-likeness (QED) is 0.438. The van der Waals surface area contributed by atoms with Crippen molar-refractivity contribution in [3.63, 3.8) is 0 Å². The van der Waals surface area contributed by atoms with E-state index in [9.17, 15) is 9.59 Å². The monoisotopic (exact) mass is 466 g/mol. The number of benzene rings is 3. The molecule has 4 aromatic rings. The third kappa shape index (κ3) is 5.15. The average molecular weight is 467 g/mol. The molecule has 1 aliphatic heterocycles. The number of pyridine rings is 1. The summed E-state index contributed by atoms with van der Waals surface area (Å²) < 4.78 is 5.43. The summed E-state index contributed by atoms with van der Waals surface area (Å²) in [6, 6.07) is 22.2. The second-order valence-corrected chi connectivity index (χ2v) is 8.50. The van der Waals surface area contributed by atoms with Crippen LogP contribution in [0.1, 0.15) is 26.3 Å². The summed E-state index contributed by atoms with van der Waals surface area (Å²) in [5, 5.41) is 6.81. The van der Waals surface area contributed by atoms with Crippen molar-refractivity contribution in [1.82, 2.24) is 4.98 Å². The fourth-order valence-corrected chi connectivity index (χ4v) is 4.11. The van der Waals surface area contributed by atoms with Crippen LogP contribution in [0.15, 0.2) is 79.0 Å². The second-order valence-electron chi connectivity index (χ2n) is 8.50. The van der Waals surface area contributed by atoms with E-state index in [4.69, 9.17) is 4.74 Å². The van der Waals surface area contributed by atoms with Gasteiger partial charge in [-0.25, -0.2) is 0 Å². The van der Waals surface area contributed by atoms with Gasteiger partial charge in [0.1, 0.15) is 0 Å². The van der Waals surface area contributed by atoms with Crippen LogP contribution in [0.3, 0.4) is 0 Å². The number of hydrogen-bond acceptors (Lipinski definition) is 5. The van der Waals surface area contributed by atoms with Gasteiger partial charge in [-0.15, -0.1) is 0 Å². The number of aromatic nitrogens is 1. The minimum absolute atomic E-state index is 0.239. The van der Waals surface area contributed by atoms with E-state index in [1.165, 1.54) is 0 Å². The molecule has 2 heterocycles. The number of nitrogens with zero attached hydrogens (tertiary/aromatic N) is 2. The van der Waals surface area contributed by atoms with E-state index in [1.54, 1.807) is 24.4 Å². The van der Waals surface area contributed by atoms with Crippen molar-refractivity contribution in [3.05, 3.63) is 95.7 Å². The van der Waals surface area contributed by atoms with Crippen molar-refractivity contribution in [1.29, 1.82) is 0 Å². The Kier molecular flexibility index (Phi) is 6.41. The Hall–Kier alpha value is -4.23. The molecule has 0 bridgehead atoms. The minimum Gasteiger partial charge on any atom is -0.378 e. The molecule has 0 spiro atoms. The van der Waals surface area contributed by atoms with Gasteiger partial charge in [-0.1, -0.05) is 18.2 Å². The summed E-state index contributed by atoms with van der Waals surface area (Å²) in [5.74, 6) is -0.481. The molecular weight excluding hydrogens is 440 g/mol. The molecule has 1 aromatic heterocycles. The molecule has 5 rings (SSSR count). The van der Waals surface area contributed by atoms with E-state index in [0.29, 0.717) is 30.0 Å². The summed E-state index contributed by atoms with van der Waals surface area (Å²) in [5.41, 5.74) is 5.05. The Bertz CT molecular complexity index is 1400. The molecule has 176 valence electrons. The van der Waals surface area contributed by atoms with E-state index in [-0.39, 0.29) is 11.8 Å². The first-order chi connectivity index (χ1) is 17.1. The zero-order valence-corrected chi connectivity index (χ0v) is 19.5. The van der Waals surface area contributed by atoms with Crippen LogP contribution < -0.4 is 15.5 Å². The molecule has 1 fully saturated rings. The first kappa shape index (κ1) is 22.6. The van der Waals surface area contributed by atoms with Crippen molar-refractivity contribution < 1.29 is 14.3 Å². The van der Waals surface area contributed by atoms with E-state index < -0.39 is 0 Å². The molecule has 7 nitrogen and oxygen atoms in total. The number of nitrogens with one attached hydrogen (secondary N) is 2. The van der Waals surface area contributed by atoms with E-state index in [1.807, 2.05) is 61.5 Å². The van der Waals surface area contributed by atoms with Crippen LogP contribution >= 0.6 is 0 Å². The summed E-state index contributed by atoms with van der Waals surface area (Å²) in [6.45, 7) is 4.95. The van der Waals surface area contributed by atoms with Gasteiger partial charge in [0, 0.05) is 52.9 Å². The van der Waals surface area contributed by atoms with Crippen LogP contribution in [0.25, 0.3) is 10.9 Å². The predicted octanol–water partition coefficient (Wildman–Crippen LogP) is 4.88. The number of carbonyl (C=O) groups is 2. The highest BCUT2D eigenvalue weighted by Gasteiger charge is 2.14. The molecule has 35 heavy (non-hydrogen) atoms. The summed E-state index contributed by atoms with van der Waals surface area (Å²) in [7, 11) is 0. The molecule has 0 saturated carbocycles. The van der Waals surface area contributed by atoms with Gasteiger partial charge >= 0.3 is 0 Å². The number of rotatable bonds is 5. The smallest absolute Gasteiger partial charge is 0.255 e. The Morgan fingerprint density at radius 1 is 0.857 bits per heavy atom. The molecule has 1 saturated heterocycles. The average Bonchev–Trinajstić information content (AvgIpc) is 2.90. The summed E-state index contributed by atoms with van der Waals surface area (Å²) in [6.07, 6.45) is 1.72. The Morgan fingerprint density at radius 2 is 1.63 bits per heavy atom. The normalized spacial score (nSPS) is 13.5. The molecule has 0 aliphatic carbocycles. The van der Waals surface area contributed by atoms with Gasteiger partial charge in [0.15, 0.2) is 0 Å². The molecule has 2 N–H and O–H groups in total. The molecule has 0 unspecified atom stereocenters. The SMILES string of the molecule is Cc1ccc(C(=O)Nc2cccc(N3CCOCC3)c2)cc1NC(=O)c1ccc2ncccc2c1. The molecule has 0 radical (unpaired) electrons. The largest absolute Gasteiger partial charge is 0.378 e. The summed E-state index contributed by atoms with van der Waals surface area (Å²) >= 11 is 0. The van der Waals surface area contributed by atoms with Crippen molar-refractivity contribution in [2.75, 3.05) is 41.8 Å². The lowest BCUT2D eigenvalue weighted by molar-refractivity contribution is 0.101. The lowest BCUT2D eigenvalue weighted by Crippen LogP contribution is -2.36. The number of carbonyl (C=O) groups excluding carboxylic acids is 2. The third-order valence-corrected chi connectivity index (χ3v) is 6.09. The second kappa shape index (κ2) is 9.95. The van der Waals surface area contributed by atoms with Gasteiger partial charge in [-0.05, 0) is 67.1 Å². The summed E-state index contributed by atoms with van der Waals surface area (Å²) in [4.78, 5) is 32.5. The predicted molar refractivity (Wildman–Crippen MR) is 138 cm³/mol. The zero-order valence-electron chi connectivity index (χ0n) is 19.5. The Labute approximate surface area is 203 Å². The molecular formula is C28H26N4O3. The van der Waals surface area contributed by atoms with Crippen LogP contribution in [0.5, 0.6) is 0 Å². The lowest BCUT2D eigenvalue weighted by atomic mass is 10.1. The van der Waals surface area contributed by atoms with Crippen molar-refractivity contribution in [2.45, 2.75) is 6.92 Å². The highest BCUT2D eigenvalue weighted by atomic mass is 16.5. The van der Waals surface area contributed by atoms with E-state index in [2.05, 4.69) is 20.5 Å². The maximum Gasteiger partial charge on any atom is 0.255 e. The van der Waals surface area contributed by atoms with Crippen molar-refractivity contribution >= 4 is 39.8 Å². The van der Waals surface area contributed by atoms with Gasteiger partial charge in [-0.2, -0.15) is 0 Å². The van der Waals surface area contributed by atoms with Crippen LogP contribution in [0.4, 0.5) is 17.1 Å². The number of anilines is 3. The molecule has 3 aromatic carbocycles. The Morgan fingerprint density at radius 3 is 2.49 bits per heavy atom. The lowest BCUT2D eigenvalue weighted by Gasteiger charge is -2.29. The minimum atomic E-state index is -0.241. The highest BCUT2D eigenvalue weighted by molar-refractivity contribution is 6.08. The van der Waals surface area contributed by atoms with Gasteiger partial charge in [0.25, 0.3) is 11.8 Å². The zero-order chi connectivity index (χ0) is 24.2. The number of hydrogen-bond donors (Lipinski definition) is 2. The highest BCUT2D eigenvalue weighted by Crippen LogP contribution is 2.23. The first-order valence-corrected chi connectivity index (χ1v) is 11.6. The maximum absolute atomic E-state index is 13.0. The molecule has 1 aliphatic rings. The van der Waals surface area contributed by atoms with Crippen LogP contribution in [-0.2, 0) is 4.74 Å². The van der Waals surface area contributed by atoms with Gasteiger partial charge in [0.2, 0.25) is 0 Å². The van der Waals surface area contributed by atoms with Gasteiger partial charge < -0.3 is 20.3 Å². The van der Waals surface area contributed by atoms with E-state index >= 15 is 0 Å². The number of amides is 2. The molecule has 0 atom stereocenters. The van der Waals surface area contributed by atoms with Crippen molar-refractivity contribution in [3.8, 4) is 0 Å². The van der Waals surface area contributed by atoms with Gasteiger partial charge in [0.05, 0.1) is 18.7 Å². The molecule has 7 heteroatoms. The van der Waals surface area contributed by atoms with Crippen molar-refractivity contribution in [2.24, 2.45) is 0 Å². The number of morpholine rings is 1. The first-order valence-electron chi connectivity index (χ1n) is 11.6.